The molecule has 0 aliphatic carbocycles. The summed E-state index contributed by atoms with van der Waals surface area (Å²) in [5.74, 6) is -1.32. The van der Waals surface area contributed by atoms with E-state index in [0.29, 0.717) is 37.5 Å². The van der Waals surface area contributed by atoms with Crippen molar-refractivity contribution < 1.29 is 22.8 Å². The van der Waals surface area contributed by atoms with Crippen LogP contribution in [0.2, 0.25) is 0 Å². The van der Waals surface area contributed by atoms with Crippen LogP contribution in [0.4, 0.5) is 10.8 Å². The summed E-state index contributed by atoms with van der Waals surface area (Å²) in [6, 6.07) is 17.4. The fourth-order valence-corrected chi connectivity index (χ4v) is 7.15. The number of para-hydroxylation sites is 1. The average Bonchev–Trinajstić information content (AvgIpc) is 3.54. The Morgan fingerprint density at radius 2 is 1.61 bits per heavy atom. The number of aromatic nitrogens is 2. The lowest BCUT2D eigenvalue weighted by molar-refractivity contribution is -0.138. The molecule has 1 N–H and O–H groups in total. The summed E-state index contributed by atoms with van der Waals surface area (Å²) in [4.78, 5) is 42.0. The van der Waals surface area contributed by atoms with Gasteiger partial charge < -0.3 is 15.1 Å². The Hall–Kier alpha value is -3.64. The monoisotopic (exact) mass is 553 g/mol. The van der Waals surface area contributed by atoms with Gasteiger partial charge in [0.2, 0.25) is 22.9 Å². The highest BCUT2D eigenvalue weighted by Gasteiger charge is 2.38. The van der Waals surface area contributed by atoms with Crippen LogP contribution in [-0.4, -0.2) is 60.9 Å². The minimum absolute atomic E-state index is 0.0518. The van der Waals surface area contributed by atoms with Crippen LogP contribution in [0, 0.1) is 11.8 Å². The van der Waals surface area contributed by atoms with Crippen LogP contribution in [0.3, 0.4) is 0 Å². The number of hydrogen-bond acceptors (Lipinski definition) is 8. The second-order valence-electron chi connectivity index (χ2n) is 9.40. The fraction of sp³-hybridized carbons (Fsp3) is 0.346. The van der Waals surface area contributed by atoms with E-state index >= 15 is 0 Å². The van der Waals surface area contributed by atoms with Crippen LogP contribution in [-0.2, 0) is 30.0 Å². The quantitative estimate of drug-likeness (QED) is 0.476. The van der Waals surface area contributed by atoms with E-state index in [4.69, 9.17) is 0 Å². The molecule has 3 amide bonds. The number of hydrogen-bond donors (Lipinski definition) is 1. The number of carbonyl (C=O) groups excluding carboxylic acids is 3. The summed E-state index contributed by atoms with van der Waals surface area (Å²) in [7, 11) is -3.56. The predicted molar refractivity (Wildman–Crippen MR) is 142 cm³/mol. The maximum Gasteiger partial charge on any atom is 0.229 e. The highest BCUT2D eigenvalue weighted by atomic mass is 32.2. The molecule has 1 aromatic heterocycles. The van der Waals surface area contributed by atoms with Gasteiger partial charge in [-0.05, 0) is 37.1 Å². The van der Waals surface area contributed by atoms with E-state index in [2.05, 4.69) is 15.5 Å². The number of nitrogens with zero attached hydrogens (tertiary/aromatic N) is 4. The molecule has 1 unspecified atom stereocenters. The van der Waals surface area contributed by atoms with Crippen molar-refractivity contribution in [1.29, 1.82) is 0 Å². The minimum Gasteiger partial charge on any atom is -0.342 e. The van der Waals surface area contributed by atoms with Crippen molar-refractivity contribution in [2.75, 3.05) is 29.9 Å². The molecule has 38 heavy (non-hydrogen) atoms. The Morgan fingerprint density at radius 1 is 0.947 bits per heavy atom. The standard InChI is InChI=1S/C26H27N5O5S2/c32-23-15-19(16-31(23)20-7-3-1-4-8-20)25(34)30-13-11-18(12-14-30)24(33)27-26-29-28-22(37-26)17-38(35,36)21-9-5-2-6-10-21/h1-10,18-19H,11-17H2,(H,27,29,33). The lowest BCUT2D eigenvalue weighted by Gasteiger charge is -2.32. The molecule has 0 saturated carbocycles. The SMILES string of the molecule is O=C(Nc1nnc(CS(=O)(=O)c2ccccc2)s1)C1CCN(C(=O)C2CC(=O)N(c3ccccc3)C2)CC1. The number of benzene rings is 2. The van der Waals surface area contributed by atoms with Crippen molar-refractivity contribution in [3.8, 4) is 0 Å². The van der Waals surface area contributed by atoms with Crippen molar-refractivity contribution in [3.05, 3.63) is 65.7 Å². The predicted octanol–water partition coefficient (Wildman–Crippen LogP) is 2.74. The van der Waals surface area contributed by atoms with E-state index in [-0.39, 0.29) is 51.8 Å². The first-order chi connectivity index (χ1) is 18.3. The number of nitrogens with one attached hydrogen (secondary N) is 1. The zero-order chi connectivity index (χ0) is 26.7. The fourth-order valence-electron chi connectivity index (χ4n) is 4.79. The third-order valence-electron chi connectivity index (χ3n) is 6.83. The Labute approximate surface area is 224 Å². The largest absolute Gasteiger partial charge is 0.342 e. The van der Waals surface area contributed by atoms with Gasteiger partial charge in [-0.15, -0.1) is 10.2 Å². The molecule has 2 aliphatic rings. The molecular formula is C26H27N5O5S2. The maximum absolute atomic E-state index is 13.1. The Morgan fingerprint density at radius 3 is 2.29 bits per heavy atom. The van der Waals surface area contributed by atoms with Crippen LogP contribution >= 0.6 is 11.3 Å². The van der Waals surface area contributed by atoms with E-state index < -0.39 is 9.84 Å². The molecule has 2 fully saturated rings. The van der Waals surface area contributed by atoms with Gasteiger partial charge in [0.15, 0.2) is 9.84 Å². The summed E-state index contributed by atoms with van der Waals surface area (Å²) in [6.45, 7) is 1.23. The van der Waals surface area contributed by atoms with Crippen molar-refractivity contribution in [2.24, 2.45) is 11.8 Å². The minimum atomic E-state index is -3.56. The first-order valence-corrected chi connectivity index (χ1v) is 14.8. The Bertz CT molecular complexity index is 1420. The normalized spacial score (nSPS) is 18.5. The average molecular weight is 554 g/mol. The molecular weight excluding hydrogens is 526 g/mol. The molecule has 2 aliphatic heterocycles. The number of piperidine rings is 1. The van der Waals surface area contributed by atoms with Gasteiger partial charge in [0.05, 0.1) is 10.8 Å². The third-order valence-corrected chi connectivity index (χ3v) is 9.50. The number of rotatable bonds is 7. The molecule has 12 heteroatoms. The van der Waals surface area contributed by atoms with Crippen molar-refractivity contribution in [2.45, 2.75) is 29.9 Å². The third kappa shape index (κ3) is 5.76. The second-order valence-corrected chi connectivity index (χ2v) is 12.5. The molecule has 10 nitrogen and oxygen atoms in total. The van der Waals surface area contributed by atoms with E-state index in [1.54, 1.807) is 28.0 Å². The smallest absolute Gasteiger partial charge is 0.229 e. The topological polar surface area (TPSA) is 130 Å². The Balaban J connectivity index is 1.11. The molecule has 198 valence electrons. The number of likely N-dealkylation sites (tertiary alicyclic amines) is 1. The molecule has 2 aromatic carbocycles. The summed E-state index contributed by atoms with van der Waals surface area (Å²) in [6.07, 6.45) is 1.18. The highest BCUT2D eigenvalue weighted by Crippen LogP contribution is 2.28. The van der Waals surface area contributed by atoms with Crippen LogP contribution in [0.5, 0.6) is 0 Å². The summed E-state index contributed by atoms with van der Waals surface area (Å²) in [5, 5.41) is 11.1. The first kappa shape index (κ1) is 26.0. The highest BCUT2D eigenvalue weighted by molar-refractivity contribution is 7.90. The van der Waals surface area contributed by atoms with Gasteiger partial charge in [0, 0.05) is 37.7 Å². The summed E-state index contributed by atoms with van der Waals surface area (Å²) in [5.41, 5.74) is 0.792. The first-order valence-electron chi connectivity index (χ1n) is 12.4. The van der Waals surface area contributed by atoms with Gasteiger partial charge in [0.25, 0.3) is 0 Å². The number of sulfone groups is 1. The Kier molecular flexibility index (Phi) is 7.52. The maximum atomic E-state index is 13.1. The molecule has 1 atom stereocenters. The molecule has 3 aromatic rings. The van der Waals surface area contributed by atoms with E-state index in [1.165, 1.54) is 12.1 Å². The zero-order valence-corrected chi connectivity index (χ0v) is 22.2. The van der Waals surface area contributed by atoms with Gasteiger partial charge in [-0.2, -0.15) is 0 Å². The van der Waals surface area contributed by atoms with Crippen LogP contribution in [0.1, 0.15) is 24.3 Å². The lowest BCUT2D eigenvalue weighted by atomic mass is 9.94. The number of anilines is 2. The molecule has 0 spiro atoms. The number of amides is 3. The zero-order valence-electron chi connectivity index (χ0n) is 20.5. The summed E-state index contributed by atoms with van der Waals surface area (Å²) >= 11 is 1.03. The van der Waals surface area contributed by atoms with Crippen molar-refractivity contribution in [3.63, 3.8) is 0 Å². The lowest BCUT2D eigenvalue weighted by Crippen LogP contribution is -2.44. The van der Waals surface area contributed by atoms with Crippen LogP contribution in [0.15, 0.2) is 65.6 Å². The van der Waals surface area contributed by atoms with E-state index in [1.807, 2.05) is 30.3 Å². The second kappa shape index (κ2) is 11.0. The van der Waals surface area contributed by atoms with Crippen molar-refractivity contribution >= 4 is 49.7 Å². The van der Waals surface area contributed by atoms with Gasteiger partial charge in [0.1, 0.15) is 10.8 Å². The van der Waals surface area contributed by atoms with E-state index in [0.717, 1.165) is 17.0 Å². The molecule has 0 bridgehead atoms. The van der Waals surface area contributed by atoms with Gasteiger partial charge in [-0.3, -0.25) is 14.4 Å². The van der Waals surface area contributed by atoms with Gasteiger partial charge in [-0.1, -0.05) is 47.7 Å². The van der Waals surface area contributed by atoms with Gasteiger partial charge >= 0.3 is 0 Å². The van der Waals surface area contributed by atoms with Crippen molar-refractivity contribution in [1.82, 2.24) is 15.1 Å². The van der Waals surface area contributed by atoms with Crippen LogP contribution in [0.25, 0.3) is 0 Å². The summed E-state index contributed by atoms with van der Waals surface area (Å²) < 4.78 is 25.1. The molecule has 3 heterocycles. The molecule has 0 radical (unpaired) electrons. The molecule has 2 saturated heterocycles. The number of carbonyl (C=O) groups is 3. The van der Waals surface area contributed by atoms with Crippen LogP contribution < -0.4 is 10.2 Å². The van der Waals surface area contributed by atoms with Gasteiger partial charge in [-0.25, -0.2) is 8.42 Å². The van der Waals surface area contributed by atoms with E-state index in [9.17, 15) is 22.8 Å². The molecule has 5 rings (SSSR count).